The topological polar surface area (TPSA) is 35.9 Å². The van der Waals surface area contributed by atoms with E-state index in [9.17, 15) is 0 Å². The molecule has 0 aliphatic carbocycles. The van der Waals surface area contributed by atoms with Gasteiger partial charge in [0.2, 0.25) is 0 Å². The number of hydrogen-bond acceptors (Lipinski definition) is 2. The number of hydrogen-bond donors (Lipinski definition) is 2. The lowest BCUT2D eigenvalue weighted by molar-refractivity contribution is 0.403. The van der Waals surface area contributed by atoms with Gasteiger partial charge >= 0.3 is 0 Å². The lowest BCUT2D eigenvalue weighted by Crippen LogP contribution is -2.45. The summed E-state index contributed by atoms with van der Waals surface area (Å²) in [5, 5.41) is 10.8. The second-order valence-electron chi connectivity index (χ2n) is 4.86. The highest BCUT2D eigenvalue weighted by Gasteiger charge is 2.15. The largest absolute Gasteiger partial charge is 0.311 e. The minimum atomic E-state index is 0.0526. The van der Waals surface area contributed by atoms with Crippen molar-refractivity contribution in [2.75, 3.05) is 0 Å². The van der Waals surface area contributed by atoms with Crippen molar-refractivity contribution < 1.29 is 0 Å². The molecule has 0 fully saturated rings. The Kier molecular flexibility index (Phi) is 4.04. The molecule has 0 radical (unpaired) electrons. The van der Waals surface area contributed by atoms with Gasteiger partial charge < -0.3 is 10.7 Å². The lowest BCUT2D eigenvalue weighted by Gasteiger charge is -2.26. The first-order valence-electron chi connectivity index (χ1n) is 5.33. The molecular formula is C13H20N2. The van der Waals surface area contributed by atoms with Gasteiger partial charge in [0.15, 0.2) is 0 Å². The fourth-order valence-electron chi connectivity index (χ4n) is 1.58. The Morgan fingerprint density at radius 3 is 2.33 bits per heavy atom. The smallest absolute Gasteiger partial charge is 0.0462 e. The third-order valence-electron chi connectivity index (χ3n) is 2.12. The van der Waals surface area contributed by atoms with Gasteiger partial charge in [-0.15, -0.1) is 0 Å². The lowest BCUT2D eigenvalue weighted by atomic mass is 10.0. The Labute approximate surface area is 92.2 Å². The monoisotopic (exact) mass is 204 g/mol. The van der Waals surface area contributed by atoms with Gasteiger partial charge in [-0.1, -0.05) is 30.3 Å². The second-order valence-corrected chi connectivity index (χ2v) is 4.86. The van der Waals surface area contributed by atoms with Gasteiger partial charge in [-0.3, -0.25) is 0 Å². The van der Waals surface area contributed by atoms with E-state index in [-0.39, 0.29) is 11.6 Å². The summed E-state index contributed by atoms with van der Waals surface area (Å²) >= 11 is 0. The molecular weight excluding hydrogens is 184 g/mol. The maximum atomic E-state index is 7.40. The zero-order valence-electron chi connectivity index (χ0n) is 9.75. The van der Waals surface area contributed by atoms with E-state index < -0.39 is 0 Å². The van der Waals surface area contributed by atoms with Gasteiger partial charge in [-0.05, 0) is 32.8 Å². The standard InChI is InChI=1S/C13H20N2/c1-13(2,3)15-12(10-14)9-11-7-5-4-6-8-11/h4-8,10,12,14-15H,9H2,1-3H3. The number of rotatable bonds is 4. The fourth-order valence-corrected chi connectivity index (χ4v) is 1.58. The van der Waals surface area contributed by atoms with Gasteiger partial charge in [-0.2, -0.15) is 0 Å². The molecule has 1 aromatic rings. The highest BCUT2D eigenvalue weighted by molar-refractivity contribution is 5.61. The minimum Gasteiger partial charge on any atom is -0.311 e. The maximum absolute atomic E-state index is 7.40. The van der Waals surface area contributed by atoms with Crippen LogP contribution in [0.25, 0.3) is 0 Å². The molecule has 1 aromatic carbocycles. The van der Waals surface area contributed by atoms with E-state index >= 15 is 0 Å². The summed E-state index contributed by atoms with van der Waals surface area (Å²) in [6.07, 6.45) is 2.36. The molecule has 0 saturated heterocycles. The summed E-state index contributed by atoms with van der Waals surface area (Å²) in [6.45, 7) is 6.36. The summed E-state index contributed by atoms with van der Waals surface area (Å²) in [5.74, 6) is 0. The van der Waals surface area contributed by atoms with Crippen LogP contribution in [0.3, 0.4) is 0 Å². The van der Waals surface area contributed by atoms with Gasteiger partial charge in [0, 0.05) is 17.8 Å². The SMILES string of the molecule is CC(C)(C)NC(C=N)Cc1ccccc1. The van der Waals surface area contributed by atoms with Crippen molar-refractivity contribution in [2.24, 2.45) is 0 Å². The van der Waals surface area contributed by atoms with Gasteiger partial charge in [0.05, 0.1) is 0 Å². The molecule has 1 rings (SSSR count). The van der Waals surface area contributed by atoms with Gasteiger partial charge in [0.1, 0.15) is 0 Å². The molecule has 1 unspecified atom stereocenters. The molecule has 15 heavy (non-hydrogen) atoms. The van der Waals surface area contributed by atoms with Crippen LogP contribution >= 0.6 is 0 Å². The average molecular weight is 204 g/mol. The Balaban J connectivity index is 2.59. The van der Waals surface area contributed by atoms with Crippen LogP contribution in [0.4, 0.5) is 0 Å². The summed E-state index contributed by atoms with van der Waals surface area (Å²) < 4.78 is 0. The van der Waals surface area contributed by atoms with Crippen molar-refractivity contribution in [3.63, 3.8) is 0 Å². The zero-order chi connectivity index (χ0) is 11.3. The molecule has 0 amide bonds. The van der Waals surface area contributed by atoms with Crippen LogP contribution < -0.4 is 5.32 Å². The van der Waals surface area contributed by atoms with E-state index in [2.05, 4.69) is 38.2 Å². The van der Waals surface area contributed by atoms with Gasteiger partial charge in [-0.25, -0.2) is 0 Å². The molecule has 1 atom stereocenters. The first kappa shape index (κ1) is 11.9. The van der Waals surface area contributed by atoms with E-state index in [4.69, 9.17) is 5.41 Å². The molecule has 0 aromatic heterocycles. The van der Waals surface area contributed by atoms with E-state index in [0.717, 1.165) is 6.42 Å². The Hall–Kier alpha value is -1.15. The Bertz CT molecular complexity index is 298. The van der Waals surface area contributed by atoms with E-state index in [1.807, 2.05) is 18.2 Å². The fraction of sp³-hybridized carbons (Fsp3) is 0.462. The van der Waals surface area contributed by atoms with E-state index in [0.29, 0.717) is 0 Å². The quantitative estimate of drug-likeness (QED) is 0.727. The van der Waals surface area contributed by atoms with Crippen LogP contribution in [0.1, 0.15) is 26.3 Å². The minimum absolute atomic E-state index is 0.0526. The van der Waals surface area contributed by atoms with Crippen LogP contribution in [0.5, 0.6) is 0 Å². The normalized spacial score (nSPS) is 13.5. The maximum Gasteiger partial charge on any atom is 0.0462 e. The highest BCUT2D eigenvalue weighted by Crippen LogP contribution is 2.06. The highest BCUT2D eigenvalue weighted by atomic mass is 15.0. The molecule has 2 N–H and O–H groups in total. The predicted octanol–water partition coefficient (Wildman–Crippen LogP) is 2.64. The third-order valence-corrected chi connectivity index (χ3v) is 2.12. The summed E-state index contributed by atoms with van der Waals surface area (Å²) in [7, 11) is 0. The molecule has 0 saturated carbocycles. The zero-order valence-corrected chi connectivity index (χ0v) is 9.75. The van der Waals surface area contributed by atoms with Crippen LogP contribution in [0, 0.1) is 5.41 Å². The van der Waals surface area contributed by atoms with Crippen LogP contribution in [0.15, 0.2) is 30.3 Å². The van der Waals surface area contributed by atoms with Crippen LogP contribution in [-0.4, -0.2) is 17.8 Å². The average Bonchev–Trinajstić information content (AvgIpc) is 2.16. The van der Waals surface area contributed by atoms with Crippen molar-refractivity contribution in [3.8, 4) is 0 Å². The van der Waals surface area contributed by atoms with Crippen molar-refractivity contribution in [2.45, 2.75) is 38.8 Å². The molecule has 2 nitrogen and oxygen atoms in total. The first-order chi connectivity index (χ1) is 7.01. The van der Waals surface area contributed by atoms with Crippen LogP contribution in [0.2, 0.25) is 0 Å². The summed E-state index contributed by atoms with van der Waals surface area (Å²) in [6, 6.07) is 10.4. The third kappa shape index (κ3) is 4.75. The summed E-state index contributed by atoms with van der Waals surface area (Å²) in [5.41, 5.74) is 1.32. The molecule has 82 valence electrons. The van der Waals surface area contributed by atoms with E-state index in [1.54, 1.807) is 0 Å². The first-order valence-corrected chi connectivity index (χ1v) is 5.33. The number of benzene rings is 1. The van der Waals surface area contributed by atoms with E-state index in [1.165, 1.54) is 11.8 Å². The van der Waals surface area contributed by atoms with Crippen molar-refractivity contribution >= 4 is 6.21 Å². The molecule has 0 bridgehead atoms. The number of nitrogens with one attached hydrogen (secondary N) is 2. The second kappa shape index (κ2) is 5.08. The molecule has 0 spiro atoms. The van der Waals surface area contributed by atoms with Gasteiger partial charge in [0.25, 0.3) is 0 Å². The molecule has 0 heterocycles. The summed E-state index contributed by atoms with van der Waals surface area (Å²) in [4.78, 5) is 0. The Morgan fingerprint density at radius 1 is 1.27 bits per heavy atom. The van der Waals surface area contributed by atoms with Crippen molar-refractivity contribution in [1.82, 2.24) is 5.32 Å². The van der Waals surface area contributed by atoms with Crippen molar-refractivity contribution in [1.29, 1.82) is 5.41 Å². The predicted molar refractivity (Wildman–Crippen MR) is 65.6 cm³/mol. The van der Waals surface area contributed by atoms with Crippen molar-refractivity contribution in [3.05, 3.63) is 35.9 Å². The molecule has 0 aliphatic rings. The Morgan fingerprint density at radius 2 is 1.87 bits per heavy atom. The molecule has 2 heteroatoms. The molecule has 0 aliphatic heterocycles. The van der Waals surface area contributed by atoms with Crippen LogP contribution in [-0.2, 0) is 6.42 Å².